The molecule has 2 heterocycles. The number of hydrogen-bond donors (Lipinski definition) is 3. The molecule has 0 saturated carbocycles. The maximum absolute atomic E-state index is 12.3. The number of amides is 2. The number of hydrogen-bond acceptors (Lipinski definition) is 6. The van der Waals surface area contributed by atoms with Crippen LogP contribution in [0.1, 0.15) is 16.8 Å². The van der Waals surface area contributed by atoms with Gasteiger partial charge >= 0.3 is 0 Å². The molecule has 0 radical (unpaired) electrons. The van der Waals surface area contributed by atoms with Gasteiger partial charge in [-0.15, -0.1) is 11.3 Å². The van der Waals surface area contributed by atoms with Crippen molar-refractivity contribution in [2.24, 2.45) is 5.73 Å². The monoisotopic (exact) mass is 402 g/mol. The molecule has 28 heavy (non-hydrogen) atoms. The van der Waals surface area contributed by atoms with Crippen molar-refractivity contribution in [1.29, 1.82) is 0 Å². The molecule has 0 bridgehead atoms. The molecule has 3 rings (SSSR count). The van der Waals surface area contributed by atoms with Crippen LogP contribution in [0.5, 0.6) is 0 Å². The van der Waals surface area contributed by atoms with Crippen molar-refractivity contribution in [2.45, 2.75) is 6.42 Å². The van der Waals surface area contributed by atoms with Crippen molar-refractivity contribution < 1.29 is 14.3 Å². The van der Waals surface area contributed by atoms with E-state index in [1.165, 1.54) is 11.3 Å². The van der Waals surface area contributed by atoms with E-state index >= 15 is 0 Å². The molecule has 150 valence electrons. The van der Waals surface area contributed by atoms with Gasteiger partial charge in [-0.05, 0) is 31.1 Å². The van der Waals surface area contributed by atoms with Crippen LogP contribution in [0.25, 0.3) is 10.4 Å². The van der Waals surface area contributed by atoms with Crippen LogP contribution in [0.15, 0.2) is 36.4 Å². The predicted octanol–water partition coefficient (Wildman–Crippen LogP) is 1.76. The lowest BCUT2D eigenvalue weighted by molar-refractivity contribution is -0.115. The van der Waals surface area contributed by atoms with E-state index in [-0.39, 0.29) is 12.5 Å². The van der Waals surface area contributed by atoms with Crippen LogP contribution in [0.2, 0.25) is 0 Å². The third kappa shape index (κ3) is 5.87. The number of ether oxygens (including phenoxy) is 1. The normalized spacial score (nSPS) is 14.7. The van der Waals surface area contributed by atoms with Crippen LogP contribution in [0.4, 0.5) is 5.00 Å². The molecule has 2 aromatic rings. The van der Waals surface area contributed by atoms with Crippen molar-refractivity contribution in [2.75, 3.05) is 51.3 Å². The number of nitrogens with one attached hydrogen (secondary N) is 2. The van der Waals surface area contributed by atoms with Crippen LogP contribution in [0, 0.1) is 0 Å². The number of thiophene rings is 1. The minimum Gasteiger partial charge on any atom is -0.379 e. The minimum absolute atomic E-state index is 0.185. The molecule has 4 N–H and O–H groups in total. The quantitative estimate of drug-likeness (QED) is 0.556. The van der Waals surface area contributed by atoms with E-state index in [9.17, 15) is 9.59 Å². The highest BCUT2D eigenvalue weighted by molar-refractivity contribution is 7.20. The zero-order valence-corrected chi connectivity index (χ0v) is 16.6. The van der Waals surface area contributed by atoms with Crippen molar-refractivity contribution in [1.82, 2.24) is 10.2 Å². The van der Waals surface area contributed by atoms with Gasteiger partial charge in [0, 0.05) is 18.0 Å². The summed E-state index contributed by atoms with van der Waals surface area (Å²) in [7, 11) is 0. The molecule has 0 aliphatic carbocycles. The summed E-state index contributed by atoms with van der Waals surface area (Å²) in [5.41, 5.74) is 6.80. The lowest BCUT2D eigenvalue weighted by Gasteiger charge is -2.26. The summed E-state index contributed by atoms with van der Waals surface area (Å²) in [6.45, 7) is 5.48. The molecule has 0 atom stereocenters. The van der Waals surface area contributed by atoms with Crippen molar-refractivity contribution in [3.8, 4) is 10.4 Å². The fourth-order valence-corrected chi connectivity index (χ4v) is 4.12. The highest BCUT2D eigenvalue weighted by atomic mass is 32.1. The Morgan fingerprint density at radius 1 is 1.18 bits per heavy atom. The lowest BCUT2D eigenvalue weighted by Crippen LogP contribution is -2.38. The topological polar surface area (TPSA) is 96.7 Å². The van der Waals surface area contributed by atoms with Crippen LogP contribution in [-0.4, -0.2) is 62.7 Å². The summed E-state index contributed by atoms with van der Waals surface area (Å²) >= 11 is 1.35. The Balaban J connectivity index is 1.47. The second-order valence-electron chi connectivity index (χ2n) is 6.62. The van der Waals surface area contributed by atoms with Gasteiger partial charge in [-0.1, -0.05) is 30.3 Å². The van der Waals surface area contributed by atoms with E-state index in [2.05, 4.69) is 15.5 Å². The number of carbonyl (C=O) groups is 2. The summed E-state index contributed by atoms with van der Waals surface area (Å²) in [4.78, 5) is 27.3. The Hall–Kier alpha value is -2.26. The van der Waals surface area contributed by atoms with Crippen LogP contribution in [-0.2, 0) is 9.53 Å². The Kier molecular flexibility index (Phi) is 7.55. The fraction of sp³-hybridized carbons (Fsp3) is 0.400. The Bertz CT molecular complexity index is 788. The van der Waals surface area contributed by atoms with Gasteiger partial charge in [-0.3, -0.25) is 14.5 Å². The largest absolute Gasteiger partial charge is 0.379 e. The average Bonchev–Trinajstić information content (AvgIpc) is 3.13. The summed E-state index contributed by atoms with van der Waals surface area (Å²) in [6.07, 6.45) is 0.969. The molecule has 1 fully saturated rings. The highest BCUT2D eigenvalue weighted by Gasteiger charge is 2.17. The number of primary amides is 1. The van der Waals surface area contributed by atoms with Gasteiger partial charge in [0.05, 0.1) is 25.3 Å². The molecule has 1 aliphatic rings. The highest BCUT2D eigenvalue weighted by Crippen LogP contribution is 2.35. The van der Waals surface area contributed by atoms with E-state index in [1.54, 1.807) is 6.07 Å². The number of morpholine rings is 1. The smallest absolute Gasteiger partial charge is 0.251 e. The molecule has 0 unspecified atom stereocenters. The molecule has 1 aliphatic heterocycles. The third-order valence-electron chi connectivity index (χ3n) is 4.53. The summed E-state index contributed by atoms with van der Waals surface area (Å²) < 4.78 is 5.33. The molecule has 8 heteroatoms. The van der Waals surface area contributed by atoms with Gasteiger partial charge < -0.3 is 21.1 Å². The molecular weight excluding hydrogens is 376 g/mol. The SMILES string of the molecule is NC(=O)c1cc(-c2ccccc2)sc1NC(=O)CNCCCN1CCOCC1. The number of rotatable bonds is 9. The first-order chi connectivity index (χ1) is 13.6. The van der Waals surface area contributed by atoms with Gasteiger partial charge in [0.1, 0.15) is 5.00 Å². The maximum Gasteiger partial charge on any atom is 0.251 e. The molecule has 7 nitrogen and oxygen atoms in total. The Morgan fingerprint density at radius 3 is 2.64 bits per heavy atom. The summed E-state index contributed by atoms with van der Waals surface area (Å²) in [5.74, 6) is -0.734. The first kappa shape index (κ1) is 20.5. The molecule has 2 amide bonds. The zero-order valence-electron chi connectivity index (χ0n) is 15.8. The van der Waals surface area contributed by atoms with Crippen LogP contribution < -0.4 is 16.4 Å². The second kappa shape index (κ2) is 10.3. The second-order valence-corrected chi connectivity index (χ2v) is 7.67. The zero-order chi connectivity index (χ0) is 19.8. The van der Waals surface area contributed by atoms with E-state index in [0.29, 0.717) is 10.6 Å². The van der Waals surface area contributed by atoms with Gasteiger partial charge in [0.25, 0.3) is 5.91 Å². The van der Waals surface area contributed by atoms with Gasteiger partial charge in [0.15, 0.2) is 0 Å². The average molecular weight is 403 g/mol. The van der Waals surface area contributed by atoms with E-state index in [4.69, 9.17) is 10.5 Å². The number of nitrogens with two attached hydrogens (primary N) is 1. The first-order valence-electron chi connectivity index (χ1n) is 9.43. The molecular formula is C20H26N4O3S. The first-order valence-corrected chi connectivity index (χ1v) is 10.2. The van der Waals surface area contributed by atoms with Gasteiger partial charge in [-0.2, -0.15) is 0 Å². The lowest BCUT2D eigenvalue weighted by atomic mass is 10.1. The number of nitrogens with zero attached hydrogens (tertiary/aromatic N) is 1. The maximum atomic E-state index is 12.3. The molecule has 1 aromatic carbocycles. The Morgan fingerprint density at radius 2 is 1.93 bits per heavy atom. The van der Waals surface area contributed by atoms with Crippen LogP contribution >= 0.6 is 11.3 Å². The van der Waals surface area contributed by atoms with Crippen molar-refractivity contribution in [3.05, 3.63) is 42.0 Å². The number of anilines is 1. The third-order valence-corrected chi connectivity index (χ3v) is 5.63. The van der Waals surface area contributed by atoms with Crippen LogP contribution in [0.3, 0.4) is 0 Å². The number of carbonyl (C=O) groups excluding carboxylic acids is 2. The van der Waals surface area contributed by atoms with Crippen molar-refractivity contribution in [3.63, 3.8) is 0 Å². The molecule has 0 spiro atoms. The molecule has 1 aromatic heterocycles. The molecule has 1 saturated heterocycles. The Labute approximate surface area is 168 Å². The number of benzene rings is 1. The standard InChI is InChI=1S/C20H26N4O3S/c21-19(26)16-13-17(15-5-2-1-3-6-15)28-20(16)23-18(25)14-22-7-4-8-24-9-11-27-12-10-24/h1-3,5-6,13,22H,4,7-12,14H2,(H2,21,26)(H,23,25). The van der Waals surface area contributed by atoms with E-state index < -0.39 is 5.91 Å². The summed E-state index contributed by atoms with van der Waals surface area (Å²) in [6, 6.07) is 11.4. The predicted molar refractivity (Wildman–Crippen MR) is 112 cm³/mol. The van der Waals surface area contributed by atoms with Gasteiger partial charge in [-0.25, -0.2) is 0 Å². The van der Waals surface area contributed by atoms with E-state index in [0.717, 1.165) is 56.3 Å². The van der Waals surface area contributed by atoms with E-state index in [1.807, 2.05) is 30.3 Å². The fourth-order valence-electron chi connectivity index (χ4n) is 3.04. The van der Waals surface area contributed by atoms with Crippen molar-refractivity contribution >= 4 is 28.2 Å². The summed E-state index contributed by atoms with van der Waals surface area (Å²) in [5, 5.41) is 6.45. The van der Waals surface area contributed by atoms with Gasteiger partial charge in [0.2, 0.25) is 5.91 Å². The minimum atomic E-state index is -0.549.